The zero-order valence-corrected chi connectivity index (χ0v) is 12.1. The van der Waals surface area contributed by atoms with Crippen molar-refractivity contribution >= 4 is 11.6 Å². The number of rotatable bonds is 5. The van der Waals surface area contributed by atoms with Crippen molar-refractivity contribution in [2.45, 2.75) is 20.4 Å². The third-order valence-electron chi connectivity index (χ3n) is 3.18. The highest BCUT2D eigenvalue weighted by molar-refractivity contribution is 5.81. The first kappa shape index (κ1) is 14.2. The fourth-order valence-corrected chi connectivity index (χ4v) is 2.19. The quantitative estimate of drug-likeness (QED) is 0.910. The molecular weight excluding hydrogens is 252 g/mol. The monoisotopic (exact) mass is 272 g/mol. The first-order valence-electron chi connectivity index (χ1n) is 6.64. The molecular formula is C16H20N2O2. The van der Waals surface area contributed by atoms with E-state index in [1.807, 2.05) is 30.1 Å². The van der Waals surface area contributed by atoms with Gasteiger partial charge in [0.2, 0.25) is 5.91 Å². The number of likely N-dealkylation sites (N-methyl/N-ethyl adjacent to an activating group) is 1. The molecule has 4 heteroatoms. The van der Waals surface area contributed by atoms with Crippen molar-refractivity contribution in [3.05, 3.63) is 53.5 Å². The Hall–Kier alpha value is -2.23. The van der Waals surface area contributed by atoms with E-state index in [2.05, 4.69) is 31.3 Å². The van der Waals surface area contributed by atoms with Crippen LogP contribution in [-0.2, 0) is 11.3 Å². The molecule has 4 nitrogen and oxygen atoms in total. The predicted molar refractivity (Wildman–Crippen MR) is 79.7 cm³/mol. The highest BCUT2D eigenvalue weighted by Gasteiger charge is 2.09. The van der Waals surface area contributed by atoms with Gasteiger partial charge in [-0.3, -0.25) is 4.79 Å². The maximum Gasteiger partial charge on any atom is 0.239 e. The summed E-state index contributed by atoms with van der Waals surface area (Å²) in [4.78, 5) is 13.9. The summed E-state index contributed by atoms with van der Waals surface area (Å²) in [6.07, 6.45) is 1.60. The standard InChI is InChI=1S/C16H20N2O2/c1-12-6-7-15(13(2)9-12)18(3)11-16(19)17-10-14-5-4-8-20-14/h4-9H,10-11H2,1-3H3,(H,17,19). The molecule has 106 valence electrons. The molecule has 0 aliphatic carbocycles. The van der Waals surface area contributed by atoms with Crippen molar-refractivity contribution in [1.29, 1.82) is 0 Å². The number of hydrogen-bond acceptors (Lipinski definition) is 3. The molecule has 0 unspecified atom stereocenters. The van der Waals surface area contributed by atoms with Crippen molar-refractivity contribution in [3.63, 3.8) is 0 Å². The van der Waals surface area contributed by atoms with E-state index in [0.29, 0.717) is 13.1 Å². The Morgan fingerprint density at radius 2 is 2.10 bits per heavy atom. The van der Waals surface area contributed by atoms with Gasteiger partial charge in [0, 0.05) is 12.7 Å². The van der Waals surface area contributed by atoms with E-state index in [1.54, 1.807) is 6.26 Å². The van der Waals surface area contributed by atoms with E-state index in [0.717, 1.165) is 11.4 Å². The second kappa shape index (κ2) is 6.28. The van der Waals surface area contributed by atoms with E-state index in [9.17, 15) is 4.79 Å². The lowest BCUT2D eigenvalue weighted by Crippen LogP contribution is -2.35. The lowest BCUT2D eigenvalue weighted by atomic mass is 10.1. The molecule has 0 atom stereocenters. The Bertz CT molecular complexity index is 576. The molecule has 0 aliphatic rings. The topological polar surface area (TPSA) is 45.5 Å². The number of hydrogen-bond donors (Lipinski definition) is 1. The average molecular weight is 272 g/mol. The Morgan fingerprint density at radius 1 is 1.30 bits per heavy atom. The van der Waals surface area contributed by atoms with Crippen LogP contribution in [0.2, 0.25) is 0 Å². The van der Waals surface area contributed by atoms with Gasteiger partial charge in [0.05, 0.1) is 19.4 Å². The molecule has 1 N–H and O–H groups in total. The lowest BCUT2D eigenvalue weighted by molar-refractivity contribution is -0.119. The molecule has 1 aromatic carbocycles. The van der Waals surface area contributed by atoms with Crippen molar-refractivity contribution < 1.29 is 9.21 Å². The number of benzene rings is 1. The summed E-state index contributed by atoms with van der Waals surface area (Å²) in [6.45, 7) is 4.86. The van der Waals surface area contributed by atoms with Crippen LogP contribution in [0.15, 0.2) is 41.0 Å². The zero-order chi connectivity index (χ0) is 14.5. The maximum absolute atomic E-state index is 11.9. The molecule has 2 aromatic rings. The third-order valence-corrected chi connectivity index (χ3v) is 3.18. The number of nitrogens with zero attached hydrogens (tertiary/aromatic N) is 1. The average Bonchev–Trinajstić information content (AvgIpc) is 2.89. The Labute approximate surface area is 119 Å². The first-order valence-corrected chi connectivity index (χ1v) is 6.64. The Morgan fingerprint density at radius 3 is 2.75 bits per heavy atom. The van der Waals surface area contributed by atoms with Crippen molar-refractivity contribution in [1.82, 2.24) is 5.32 Å². The number of anilines is 1. The molecule has 20 heavy (non-hydrogen) atoms. The third kappa shape index (κ3) is 3.63. The molecule has 0 radical (unpaired) electrons. The fourth-order valence-electron chi connectivity index (χ4n) is 2.19. The number of furan rings is 1. The van der Waals surface area contributed by atoms with Crippen LogP contribution in [0.3, 0.4) is 0 Å². The lowest BCUT2D eigenvalue weighted by Gasteiger charge is -2.21. The second-order valence-electron chi connectivity index (χ2n) is 5.00. The van der Waals surface area contributed by atoms with Gasteiger partial charge < -0.3 is 14.6 Å². The summed E-state index contributed by atoms with van der Waals surface area (Å²) in [5, 5.41) is 2.84. The number of carbonyl (C=O) groups is 1. The van der Waals surface area contributed by atoms with Gasteiger partial charge in [0.1, 0.15) is 5.76 Å². The second-order valence-corrected chi connectivity index (χ2v) is 5.00. The van der Waals surface area contributed by atoms with Gasteiger partial charge in [0.25, 0.3) is 0 Å². The summed E-state index contributed by atoms with van der Waals surface area (Å²) in [5.74, 6) is 0.733. The van der Waals surface area contributed by atoms with E-state index in [-0.39, 0.29) is 5.91 Å². The molecule has 1 aromatic heterocycles. The Balaban J connectivity index is 1.90. The van der Waals surface area contributed by atoms with Gasteiger partial charge >= 0.3 is 0 Å². The highest BCUT2D eigenvalue weighted by Crippen LogP contribution is 2.19. The van der Waals surface area contributed by atoms with Gasteiger partial charge in [0.15, 0.2) is 0 Å². The zero-order valence-electron chi connectivity index (χ0n) is 12.1. The first-order chi connectivity index (χ1) is 9.56. The van der Waals surface area contributed by atoms with Gasteiger partial charge in [-0.1, -0.05) is 17.7 Å². The van der Waals surface area contributed by atoms with E-state index in [1.165, 1.54) is 11.1 Å². The van der Waals surface area contributed by atoms with Gasteiger partial charge in [-0.2, -0.15) is 0 Å². The number of aryl methyl sites for hydroxylation is 2. The maximum atomic E-state index is 11.9. The van der Waals surface area contributed by atoms with Crippen molar-refractivity contribution in [3.8, 4) is 0 Å². The van der Waals surface area contributed by atoms with Gasteiger partial charge in [-0.05, 0) is 37.6 Å². The van der Waals surface area contributed by atoms with Gasteiger partial charge in [-0.15, -0.1) is 0 Å². The van der Waals surface area contributed by atoms with Crippen LogP contribution >= 0.6 is 0 Å². The highest BCUT2D eigenvalue weighted by atomic mass is 16.3. The van der Waals surface area contributed by atoms with E-state index >= 15 is 0 Å². The van der Waals surface area contributed by atoms with Gasteiger partial charge in [-0.25, -0.2) is 0 Å². The smallest absolute Gasteiger partial charge is 0.239 e. The fraction of sp³-hybridized carbons (Fsp3) is 0.312. The van der Waals surface area contributed by atoms with Crippen LogP contribution in [0.4, 0.5) is 5.69 Å². The summed E-state index contributed by atoms with van der Waals surface area (Å²) in [6, 6.07) is 9.87. The minimum Gasteiger partial charge on any atom is -0.467 e. The Kier molecular flexibility index (Phi) is 4.45. The molecule has 0 saturated carbocycles. The van der Waals surface area contributed by atoms with E-state index < -0.39 is 0 Å². The molecule has 1 heterocycles. The van der Waals surface area contributed by atoms with Crippen LogP contribution in [0.1, 0.15) is 16.9 Å². The molecule has 0 bridgehead atoms. The van der Waals surface area contributed by atoms with Crippen molar-refractivity contribution in [2.75, 3.05) is 18.5 Å². The molecule has 2 rings (SSSR count). The molecule has 0 aliphatic heterocycles. The normalized spacial score (nSPS) is 10.3. The van der Waals surface area contributed by atoms with Crippen LogP contribution in [0.25, 0.3) is 0 Å². The minimum atomic E-state index is -0.0242. The van der Waals surface area contributed by atoms with Crippen LogP contribution in [0, 0.1) is 13.8 Å². The number of amides is 1. The SMILES string of the molecule is Cc1ccc(N(C)CC(=O)NCc2ccco2)c(C)c1. The van der Waals surface area contributed by atoms with Crippen LogP contribution in [-0.4, -0.2) is 19.5 Å². The molecule has 0 spiro atoms. The largest absolute Gasteiger partial charge is 0.467 e. The molecule has 0 fully saturated rings. The summed E-state index contributed by atoms with van der Waals surface area (Å²) >= 11 is 0. The molecule has 1 amide bonds. The summed E-state index contributed by atoms with van der Waals surface area (Å²) in [5.41, 5.74) is 3.47. The van der Waals surface area contributed by atoms with Crippen LogP contribution < -0.4 is 10.2 Å². The summed E-state index contributed by atoms with van der Waals surface area (Å²) in [7, 11) is 1.92. The number of nitrogens with one attached hydrogen (secondary N) is 1. The predicted octanol–water partition coefficient (Wildman–Crippen LogP) is 2.65. The minimum absolute atomic E-state index is 0.0242. The van der Waals surface area contributed by atoms with Crippen molar-refractivity contribution in [2.24, 2.45) is 0 Å². The molecule has 0 saturated heterocycles. The van der Waals surface area contributed by atoms with E-state index in [4.69, 9.17) is 4.42 Å². The van der Waals surface area contributed by atoms with Crippen LogP contribution in [0.5, 0.6) is 0 Å². The number of carbonyl (C=O) groups excluding carboxylic acids is 1. The summed E-state index contributed by atoms with van der Waals surface area (Å²) < 4.78 is 5.18.